The normalized spacial score (nSPS) is 25.6. The fraction of sp³-hybridized carbons (Fsp3) is 0.607. The van der Waals surface area contributed by atoms with E-state index in [0.717, 1.165) is 90.8 Å². The molecule has 1 aliphatic heterocycles. The lowest BCUT2D eigenvalue weighted by Gasteiger charge is -2.32. The number of amides is 1. The lowest BCUT2D eigenvalue weighted by molar-refractivity contribution is 0.0906. The van der Waals surface area contributed by atoms with E-state index in [1.165, 1.54) is 0 Å². The number of aliphatic hydroxyl groups is 1. The van der Waals surface area contributed by atoms with Gasteiger partial charge in [-0.1, -0.05) is 27.2 Å². The summed E-state index contributed by atoms with van der Waals surface area (Å²) in [6.07, 6.45) is 7.12. The first-order valence-corrected chi connectivity index (χ1v) is 13.2. The highest BCUT2D eigenvalue weighted by Gasteiger charge is 2.36. The van der Waals surface area contributed by atoms with Crippen molar-refractivity contribution < 1.29 is 14.7 Å². The molecule has 188 valence electrons. The first-order chi connectivity index (χ1) is 16.6. The number of Topliss-reactive ketones (excluding diaryl/α,β-unsaturated/α-hetero) is 1. The summed E-state index contributed by atoms with van der Waals surface area (Å²) in [5, 5.41) is 21.6. The standard InChI is InChI=1S/C28H38N4O3/c1-5-6-19-11-17-12-20(32-23-14-28(3,4)15-24(34)25(23)16(2)31-32)13-22(26(17)27(35)30-19)29-18-7-9-21(33)10-8-18/h12-13,18-19,21,29,33H,5-11,14-15H2,1-4H3,(H,30,35)/t18-,19?,21-. The zero-order chi connectivity index (χ0) is 24.9. The van der Waals surface area contributed by atoms with Gasteiger partial charge in [0.1, 0.15) is 0 Å². The molecule has 7 heteroatoms. The summed E-state index contributed by atoms with van der Waals surface area (Å²) < 4.78 is 1.95. The van der Waals surface area contributed by atoms with Crippen LogP contribution in [0.4, 0.5) is 5.69 Å². The molecule has 0 saturated heterocycles. The van der Waals surface area contributed by atoms with Crippen LogP contribution in [0.2, 0.25) is 0 Å². The Morgan fingerprint density at radius 1 is 1.14 bits per heavy atom. The fourth-order valence-electron chi connectivity index (χ4n) is 6.24. The van der Waals surface area contributed by atoms with Crippen molar-refractivity contribution in [3.8, 4) is 5.69 Å². The summed E-state index contributed by atoms with van der Waals surface area (Å²) in [5.41, 5.74) is 5.89. The van der Waals surface area contributed by atoms with Gasteiger partial charge in [-0.25, -0.2) is 4.68 Å². The molecule has 1 aromatic heterocycles. The Labute approximate surface area is 207 Å². The van der Waals surface area contributed by atoms with Crippen LogP contribution in [-0.2, 0) is 12.8 Å². The molecule has 0 radical (unpaired) electrons. The van der Waals surface area contributed by atoms with Crippen LogP contribution in [0.25, 0.3) is 5.69 Å². The van der Waals surface area contributed by atoms with Gasteiger partial charge >= 0.3 is 0 Å². The summed E-state index contributed by atoms with van der Waals surface area (Å²) in [6.45, 7) is 8.33. The second-order valence-corrected chi connectivity index (χ2v) is 11.6. The number of nitrogens with one attached hydrogen (secondary N) is 2. The molecule has 1 atom stereocenters. The van der Waals surface area contributed by atoms with E-state index in [2.05, 4.69) is 37.5 Å². The van der Waals surface area contributed by atoms with Crippen LogP contribution in [0.15, 0.2) is 12.1 Å². The number of nitrogens with zero attached hydrogens (tertiary/aromatic N) is 2. The number of hydrogen-bond acceptors (Lipinski definition) is 5. The van der Waals surface area contributed by atoms with Crippen LogP contribution in [0.5, 0.6) is 0 Å². The number of aromatic nitrogens is 2. The minimum atomic E-state index is -0.231. The Morgan fingerprint density at radius 3 is 2.60 bits per heavy atom. The number of hydrogen-bond donors (Lipinski definition) is 3. The minimum Gasteiger partial charge on any atom is -0.393 e. The van der Waals surface area contributed by atoms with Crippen LogP contribution in [0, 0.1) is 12.3 Å². The Hall–Kier alpha value is -2.67. The van der Waals surface area contributed by atoms with Crippen molar-refractivity contribution in [2.45, 2.75) is 104 Å². The molecule has 1 amide bonds. The number of ketones is 1. The summed E-state index contributed by atoms with van der Waals surface area (Å²) in [7, 11) is 0. The predicted molar refractivity (Wildman–Crippen MR) is 136 cm³/mol. The quantitative estimate of drug-likeness (QED) is 0.588. The average Bonchev–Trinajstić information content (AvgIpc) is 3.10. The number of fused-ring (bicyclic) bond motifs is 2. The van der Waals surface area contributed by atoms with Gasteiger partial charge in [0.2, 0.25) is 0 Å². The molecule has 1 aromatic carbocycles. The van der Waals surface area contributed by atoms with Crippen molar-refractivity contribution in [3.63, 3.8) is 0 Å². The molecule has 3 aliphatic rings. The molecule has 0 spiro atoms. The van der Waals surface area contributed by atoms with Crippen molar-refractivity contribution in [3.05, 3.63) is 40.2 Å². The maximum absolute atomic E-state index is 13.2. The number of carbonyl (C=O) groups excluding carboxylic acids is 2. The van der Waals surface area contributed by atoms with Crippen molar-refractivity contribution in [1.82, 2.24) is 15.1 Å². The smallest absolute Gasteiger partial charge is 0.253 e. The van der Waals surface area contributed by atoms with E-state index in [0.29, 0.717) is 6.42 Å². The summed E-state index contributed by atoms with van der Waals surface area (Å²) in [5.74, 6) is 0.143. The van der Waals surface area contributed by atoms with Crippen molar-refractivity contribution in [2.75, 3.05) is 5.32 Å². The topological polar surface area (TPSA) is 96.2 Å². The third-order valence-corrected chi connectivity index (χ3v) is 7.89. The Kier molecular flexibility index (Phi) is 6.24. The van der Waals surface area contributed by atoms with Gasteiger partial charge in [0.15, 0.2) is 5.78 Å². The number of aryl methyl sites for hydroxylation is 1. The summed E-state index contributed by atoms with van der Waals surface area (Å²) >= 11 is 0. The van der Waals surface area contributed by atoms with Gasteiger partial charge in [0.05, 0.1) is 34.3 Å². The number of rotatable bonds is 5. The van der Waals surface area contributed by atoms with E-state index in [-0.39, 0.29) is 35.3 Å². The van der Waals surface area contributed by atoms with Gasteiger partial charge in [-0.05, 0) is 75.0 Å². The first-order valence-electron chi connectivity index (χ1n) is 13.2. The Balaban J connectivity index is 1.60. The van der Waals surface area contributed by atoms with E-state index in [4.69, 9.17) is 5.10 Å². The maximum Gasteiger partial charge on any atom is 0.253 e. The molecule has 0 bridgehead atoms. The molecule has 5 rings (SSSR count). The molecule has 2 aliphatic carbocycles. The van der Waals surface area contributed by atoms with Crippen LogP contribution >= 0.6 is 0 Å². The second-order valence-electron chi connectivity index (χ2n) is 11.6. The number of benzene rings is 1. The zero-order valence-corrected chi connectivity index (χ0v) is 21.4. The third-order valence-electron chi connectivity index (χ3n) is 7.89. The second kappa shape index (κ2) is 9.08. The molecule has 1 unspecified atom stereocenters. The van der Waals surface area contributed by atoms with E-state index in [1.807, 2.05) is 17.7 Å². The van der Waals surface area contributed by atoms with Crippen LogP contribution in [-0.4, -0.2) is 44.8 Å². The lowest BCUT2D eigenvalue weighted by atomic mass is 9.75. The van der Waals surface area contributed by atoms with Crippen LogP contribution in [0.3, 0.4) is 0 Å². The van der Waals surface area contributed by atoms with E-state index >= 15 is 0 Å². The van der Waals surface area contributed by atoms with E-state index < -0.39 is 0 Å². The van der Waals surface area contributed by atoms with Crippen molar-refractivity contribution >= 4 is 17.4 Å². The van der Waals surface area contributed by atoms with Gasteiger partial charge < -0.3 is 15.7 Å². The monoisotopic (exact) mass is 478 g/mol. The highest BCUT2D eigenvalue weighted by atomic mass is 16.3. The molecular formula is C28H38N4O3. The molecule has 2 aromatic rings. The Bertz CT molecular complexity index is 1160. The number of anilines is 1. The van der Waals surface area contributed by atoms with Crippen LogP contribution < -0.4 is 10.6 Å². The molecule has 1 fully saturated rings. The average molecular weight is 479 g/mol. The maximum atomic E-state index is 13.2. The predicted octanol–water partition coefficient (Wildman–Crippen LogP) is 4.51. The highest BCUT2D eigenvalue weighted by Crippen LogP contribution is 2.38. The third kappa shape index (κ3) is 4.63. The fourth-order valence-corrected chi connectivity index (χ4v) is 6.24. The SMILES string of the molecule is CCCC1Cc2cc(-n3nc(C)c4c3CC(C)(C)CC4=O)cc(N[C@H]3CC[C@H](O)CC3)c2C(=O)N1. The molecule has 3 N–H and O–H groups in total. The van der Waals surface area contributed by atoms with Crippen molar-refractivity contribution in [1.29, 1.82) is 0 Å². The van der Waals surface area contributed by atoms with Gasteiger partial charge in [-0.2, -0.15) is 5.10 Å². The molecule has 2 heterocycles. The number of carbonyl (C=O) groups is 2. The Morgan fingerprint density at radius 2 is 1.89 bits per heavy atom. The summed E-state index contributed by atoms with van der Waals surface area (Å²) in [6, 6.07) is 4.47. The zero-order valence-electron chi connectivity index (χ0n) is 21.4. The molecule has 1 saturated carbocycles. The van der Waals surface area contributed by atoms with Crippen molar-refractivity contribution in [2.24, 2.45) is 5.41 Å². The van der Waals surface area contributed by atoms with Crippen LogP contribution in [0.1, 0.15) is 103 Å². The molecule has 35 heavy (non-hydrogen) atoms. The van der Waals surface area contributed by atoms with E-state index in [9.17, 15) is 14.7 Å². The van der Waals surface area contributed by atoms with E-state index in [1.54, 1.807) is 0 Å². The molecule has 7 nitrogen and oxygen atoms in total. The summed E-state index contributed by atoms with van der Waals surface area (Å²) in [4.78, 5) is 26.2. The van der Waals surface area contributed by atoms with Gasteiger partial charge in [-0.3, -0.25) is 9.59 Å². The van der Waals surface area contributed by atoms with Gasteiger partial charge in [0.25, 0.3) is 5.91 Å². The molecular weight excluding hydrogens is 440 g/mol. The van der Waals surface area contributed by atoms with Gasteiger partial charge in [-0.15, -0.1) is 0 Å². The number of aliphatic hydroxyl groups excluding tert-OH is 1. The minimum absolute atomic E-state index is 0.0235. The highest BCUT2D eigenvalue weighted by molar-refractivity contribution is 6.03. The largest absolute Gasteiger partial charge is 0.393 e. The first kappa shape index (κ1) is 24.0. The lowest BCUT2D eigenvalue weighted by Crippen LogP contribution is -2.42. The van der Waals surface area contributed by atoms with Gasteiger partial charge in [0, 0.05) is 24.2 Å².